The standard InChI is InChI=1S/C28H18N4O3/c29-16-22(28(33)34)13-19-5-6-21-15-27(35-26(21)14-19)20-7-9-23(10-8-20)32(24-3-1-11-30-17-24)25-4-2-12-31-18-25/h1-15,17-18H,(H,33,34)/b22-13-. The van der Waals surface area contributed by atoms with E-state index in [1.54, 1.807) is 43.0 Å². The molecule has 5 rings (SSSR count). The Kier molecular flexibility index (Phi) is 5.76. The number of furan rings is 1. The number of nitriles is 1. The van der Waals surface area contributed by atoms with Crippen molar-refractivity contribution in [2.75, 3.05) is 4.90 Å². The van der Waals surface area contributed by atoms with Crippen LogP contribution in [0.15, 0.2) is 108 Å². The molecule has 0 fully saturated rings. The van der Waals surface area contributed by atoms with Gasteiger partial charge in [-0.3, -0.25) is 9.97 Å². The third-order valence-electron chi connectivity index (χ3n) is 5.42. The average molecular weight is 458 g/mol. The molecule has 0 radical (unpaired) electrons. The van der Waals surface area contributed by atoms with Gasteiger partial charge in [0.15, 0.2) is 0 Å². The van der Waals surface area contributed by atoms with Crippen molar-refractivity contribution in [3.63, 3.8) is 0 Å². The van der Waals surface area contributed by atoms with Gasteiger partial charge in [0, 0.05) is 29.0 Å². The van der Waals surface area contributed by atoms with Crippen LogP contribution in [0.1, 0.15) is 5.56 Å². The molecule has 5 aromatic rings. The van der Waals surface area contributed by atoms with Gasteiger partial charge < -0.3 is 14.4 Å². The smallest absolute Gasteiger partial charge is 0.346 e. The lowest BCUT2D eigenvalue weighted by molar-refractivity contribution is -0.132. The molecular weight excluding hydrogens is 440 g/mol. The normalized spacial score (nSPS) is 11.2. The monoisotopic (exact) mass is 458 g/mol. The maximum absolute atomic E-state index is 11.1. The van der Waals surface area contributed by atoms with Crippen LogP contribution < -0.4 is 4.90 Å². The van der Waals surface area contributed by atoms with Crippen LogP contribution in [-0.2, 0) is 4.79 Å². The van der Waals surface area contributed by atoms with E-state index in [1.165, 1.54) is 6.08 Å². The summed E-state index contributed by atoms with van der Waals surface area (Å²) in [5.41, 5.74) is 4.51. The minimum Gasteiger partial charge on any atom is -0.477 e. The predicted octanol–water partition coefficient (Wildman–Crippen LogP) is 6.35. The highest BCUT2D eigenvalue weighted by molar-refractivity contribution is 5.97. The summed E-state index contributed by atoms with van der Waals surface area (Å²) in [5.74, 6) is -0.583. The van der Waals surface area contributed by atoms with Crippen LogP contribution in [0.2, 0.25) is 0 Å². The van der Waals surface area contributed by atoms with Crippen molar-refractivity contribution in [2.24, 2.45) is 0 Å². The second-order valence-electron chi connectivity index (χ2n) is 7.69. The maximum atomic E-state index is 11.1. The molecule has 0 amide bonds. The number of rotatable bonds is 6. The molecule has 168 valence electrons. The Labute approximate surface area is 200 Å². The van der Waals surface area contributed by atoms with Gasteiger partial charge in [-0.05, 0) is 72.3 Å². The van der Waals surface area contributed by atoms with Crippen molar-refractivity contribution in [1.82, 2.24) is 9.97 Å². The van der Waals surface area contributed by atoms with Gasteiger partial charge in [0.2, 0.25) is 0 Å². The highest BCUT2D eigenvalue weighted by atomic mass is 16.4. The first-order chi connectivity index (χ1) is 17.1. The van der Waals surface area contributed by atoms with Crippen molar-refractivity contribution in [1.29, 1.82) is 5.26 Å². The Balaban J connectivity index is 1.48. The molecule has 0 saturated carbocycles. The molecule has 7 heteroatoms. The topological polar surface area (TPSA) is 103 Å². The largest absolute Gasteiger partial charge is 0.477 e. The number of fused-ring (bicyclic) bond motifs is 1. The first-order valence-electron chi connectivity index (χ1n) is 10.7. The first-order valence-corrected chi connectivity index (χ1v) is 10.7. The zero-order valence-corrected chi connectivity index (χ0v) is 18.4. The van der Waals surface area contributed by atoms with E-state index in [0.29, 0.717) is 16.9 Å². The summed E-state index contributed by atoms with van der Waals surface area (Å²) >= 11 is 0. The van der Waals surface area contributed by atoms with E-state index >= 15 is 0 Å². The molecule has 0 saturated heterocycles. The highest BCUT2D eigenvalue weighted by Gasteiger charge is 2.14. The number of benzene rings is 2. The molecule has 35 heavy (non-hydrogen) atoms. The van der Waals surface area contributed by atoms with E-state index in [2.05, 4.69) is 14.9 Å². The van der Waals surface area contributed by atoms with Crippen LogP contribution in [0.5, 0.6) is 0 Å². The van der Waals surface area contributed by atoms with Crippen molar-refractivity contribution in [2.45, 2.75) is 0 Å². The van der Waals surface area contributed by atoms with E-state index < -0.39 is 5.97 Å². The van der Waals surface area contributed by atoms with E-state index in [9.17, 15) is 4.79 Å². The van der Waals surface area contributed by atoms with Crippen LogP contribution in [0.25, 0.3) is 28.4 Å². The average Bonchev–Trinajstić information content (AvgIpc) is 3.32. The minimum atomic E-state index is -1.26. The Bertz CT molecular complexity index is 1530. The summed E-state index contributed by atoms with van der Waals surface area (Å²) in [7, 11) is 0. The second kappa shape index (κ2) is 9.33. The maximum Gasteiger partial charge on any atom is 0.346 e. The third-order valence-corrected chi connectivity index (χ3v) is 5.42. The van der Waals surface area contributed by atoms with Crippen LogP contribution in [0, 0.1) is 11.3 Å². The summed E-state index contributed by atoms with van der Waals surface area (Å²) < 4.78 is 6.05. The number of carboxylic acid groups (broad SMARTS) is 1. The number of anilines is 3. The van der Waals surface area contributed by atoms with Gasteiger partial charge in [0.1, 0.15) is 23.0 Å². The van der Waals surface area contributed by atoms with Gasteiger partial charge in [0.25, 0.3) is 0 Å². The molecular formula is C28H18N4O3. The molecule has 0 atom stereocenters. The number of hydrogen-bond acceptors (Lipinski definition) is 6. The summed E-state index contributed by atoms with van der Waals surface area (Å²) in [4.78, 5) is 21.7. The molecule has 2 aromatic carbocycles. The Morgan fingerprint density at radius 3 is 2.17 bits per heavy atom. The summed E-state index contributed by atoms with van der Waals surface area (Å²) in [5, 5.41) is 19.0. The summed E-state index contributed by atoms with van der Waals surface area (Å²) in [6, 6.07) is 24.6. The van der Waals surface area contributed by atoms with Crippen LogP contribution >= 0.6 is 0 Å². The molecule has 0 unspecified atom stereocenters. The van der Waals surface area contributed by atoms with Crippen LogP contribution in [0.3, 0.4) is 0 Å². The molecule has 1 N–H and O–H groups in total. The number of carbonyl (C=O) groups is 1. The molecule has 0 bridgehead atoms. The van der Waals surface area contributed by atoms with Crippen molar-refractivity contribution in [3.8, 4) is 17.4 Å². The van der Waals surface area contributed by atoms with Crippen LogP contribution in [-0.4, -0.2) is 21.0 Å². The van der Waals surface area contributed by atoms with E-state index in [1.807, 2.05) is 60.7 Å². The fourth-order valence-corrected chi connectivity index (χ4v) is 3.78. The summed E-state index contributed by atoms with van der Waals surface area (Å²) in [6.07, 6.45) is 8.39. The molecule has 0 aliphatic rings. The van der Waals surface area contributed by atoms with E-state index in [-0.39, 0.29) is 5.57 Å². The highest BCUT2D eigenvalue weighted by Crippen LogP contribution is 2.35. The van der Waals surface area contributed by atoms with Crippen LogP contribution in [0.4, 0.5) is 17.1 Å². The van der Waals surface area contributed by atoms with E-state index in [4.69, 9.17) is 14.8 Å². The van der Waals surface area contributed by atoms with Gasteiger partial charge in [-0.2, -0.15) is 5.26 Å². The number of aliphatic carboxylic acids is 1. The minimum absolute atomic E-state index is 0.335. The Hall–Kier alpha value is -5.22. The molecule has 3 aromatic heterocycles. The zero-order chi connectivity index (χ0) is 24.2. The second-order valence-corrected chi connectivity index (χ2v) is 7.69. The molecule has 0 aliphatic carbocycles. The van der Waals surface area contributed by atoms with Gasteiger partial charge in [-0.15, -0.1) is 0 Å². The van der Waals surface area contributed by atoms with Gasteiger partial charge in [-0.1, -0.05) is 12.1 Å². The lowest BCUT2D eigenvalue weighted by Crippen LogP contribution is -2.10. The lowest BCUT2D eigenvalue weighted by atomic mass is 10.1. The fraction of sp³-hybridized carbons (Fsp3) is 0. The Morgan fingerprint density at radius 1 is 0.914 bits per heavy atom. The van der Waals surface area contributed by atoms with Gasteiger partial charge in [0.05, 0.1) is 23.8 Å². The number of hydrogen-bond donors (Lipinski definition) is 1. The molecule has 0 aliphatic heterocycles. The predicted molar refractivity (Wildman–Crippen MR) is 133 cm³/mol. The number of aromatic nitrogens is 2. The SMILES string of the molecule is N#C/C(=C/c1ccc2cc(-c3ccc(N(c4cccnc4)c4cccnc4)cc3)oc2c1)C(=O)O. The van der Waals surface area contributed by atoms with Gasteiger partial charge >= 0.3 is 5.97 Å². The first kappa shape index (κ1) is 21.6. The third kappa shape index (κ3) is 4.49. The quantitative estimate of drug-likeness (QED) is 0.233. The molecule has 0 spiro atoms. The van der Waals surface area contributed by atoms with E-state index in [0.717, 1.165) is 28.0 Å². The number of pyridine rings is 2. The molecule has 3 heterocycles. The van der Waals surface area contributed by atoms with Gasteiger partial charge in [-0.25, -0.2) is 4.79 Å². The van der Waals surface area contributed by atoms with Crippen molar-refractivity contribution in [3.05, 3.63) is 109 Å². The Morgan fingerprint density at radius 2 is 1.60 bits per heavy atom. The number of carboxylic acids is 1. The fourth-order valence-electron chi connectivity index (χ4n) is 3.78. The molecule has 7 nitrogen and oxygen atoms in total. The number of nitrogens with zero attached hydrogens (tertiary/aromatic N) is 4. The lowest BCUT2D eigenvalue weighted by Gasteiger charge is -2.24. The van der Waals surface area contributed by atoms with Crippen molar-refractivity contribution >= 4 is 40.1 Å². The summed E-state index contributed by atoms with van der Waals surface area (Å²) in [6.45, 7) is 0. The van der Waals surface area contributed by atoms with Crippen molar-refractivity contribution < 1.29 is 14.3 Å². The zero-order valence-electron chi connectivity index (χ0n) is 18.4.